The Morgan fingerprint density at radius 2 is 1.71 bits per heavy atom. The second-order valence-electron chi connectivity index (χ2n) is 11.0. The van der Waals surface area contributed by atoms with E-state index in [9.17, 15) is 9.59 Å². The molecule has 192 valence electrons. The van der Waals surface area contributed by atoms with Gasteiger partial charge in [0.05, 0.1) is 6.61 Å². The summed E-state index contributed by atoms with van der Waals surface area (Å²) in [6.45, 7) is 4.33. The van der Waals surface area contributed by atoms with Crippen molar-refractivity contribution < 1.29 is 19.1 Å². The van der Waals surface area contributed by atoms with Crippen molar-refractivity contribution in [2.75, 3.05) is 54.1 Å². The van der Waals surface area contributed by atoms with Gasteiger partial charge in [-0.25, -0.2) is 9.59 Å². The van der Waals surface area contributed by atoms with Gasteiger partial charge in [0, 0.05) is 57.8 Å². The molecule has 0 aliphatic carbocycles. The van der Waals surface area contributed by atoms with Crippen LogP contribution in [0.25, 0.3) is 0 Å². The molecule has 2 bridgehead atoms. The lowest BCUT2D eigenvalue weighted by Gasteiger charge is -2.51. The van der Waals surface area contributed by atoms with Crippen molar-refractivity contribution in [2.24, 2.45) is 0 Å². The molecule has 4 aliphatic rings. The quantitative estimate of drug-likeness (QED) is 0.614. The van der Waals surface area contributed by atoms with Crippen LogP contribution in [-0.2, 0) is 21.4 Å². The lowest BCUT2D eigenvalue weighted by atomic mass is 9.68. The number of piperidine rings is 2. The molecule has 0 saturated carbocycles. The zero-order chi connectivity index (χ0) is 24.6. The van der Waals surface area contributed by atoms with Crippen molar-refractivity contribution in [1.29, 1.82) is 0 Å². The Kier molecular flexibility index (Phi) is 6.95. The van der Waals surface area contributed by atoms with Crippen LogP contribution in [0.3, 0.4) is 0 Å². The van der Waals surface area contributed by atoms with Crippen LogP contribution in [-0.4, -0.2) is 104 Å². The monoisotopic (exact) mass is 484 g/mol. The number of fused-ring (bicyclic) bond motifs is 4. The van der Waals surface area contributed by atoms with Crippen LogP contribution in [0.4, 0.5) is 9.59 Å². The molecule has 0 N–H and O–H groups in total. The predicted molar refractivity (Wildman–Crippen MR) is 133 cm³/mol. The number of carbonyl (C=O) groups excluding carboxylic acids is 2. The molecule has 1 aromatic carbocycles. The van der Waals surface area contributed by atoms with E-state index in [2.05, 4.69) is 29.2 Å². The number of hydrogen-bond donors (Lipinski definition) is 0. The molecule has 8 heteroatoms. The normalized spacial score (nSPS) is 27.6. The average Bonchev–Trinajstić information content (AvgIpc) is 3.13. The molecule has 5 rings (SSSR count). The molecule has 2 unspecified atom stereocenters. The molecule has 3 fully saturated rings. The molecule has 0 radical (unpaired) electrons. The van der Waals surface area contributed by atoms with Gasteiger partial charge in [-0.05, 0) is 62.7 Å². The zero-order valence-corrected chi connectivity index (χ0v) is 21.4. The Bertz CT molecular complexity index is 916. The van der Waals surface area contributed by atoms with E-state index in [0.29, 0.717) is 25.8 Å². The highest BCUT2D eigenvalue weighted by atomic mass is 16.6. The summed E-state index contributed by atoms with van der Waals surface area (Å²) in [5.74, 6) is 0. The number of amides is 3. The largest absolute Gasteiger partial charge is 0.447 e. The van der Waals surface area contributed by atoms with E-state index in [4.69, 9.17) is 9.47 Å². The van der Waals surface area contributed by atoms with Crippen molar-refractivity contribution in [2.45, 2.75) is 68.6 Å². The van der Waals surface area contributed by atoms with E-state index in [0.717, 1.165) is 58.2 Å². The fourth-order valence-electron chi connectivity index (χ4n) is 7.08. The molecule has 4 aliphatic heterocycles. The first-order chi connectivity index (χ1) is 16.9. The summed E-state index contributed by atoms with van der Waals surface area (Å²) in [6, 6.07) is 9.91. The smallest absolute Gasteiger partial charge is 0.410 e. The van der Waals surface area contributed by atoms with Gasteiger partial charge in [-0.15, -0.1) is 0 Å². The first-order valence-electron chi connectivity index (χ1n) is 13.1. The Labute approximate surface area is 209 Å². The van der Waals surface area contributed by atoms with Gasteiger partial charge in [0.2, 0.25) is 0 Å². The lowest BCUT2D eigenvalue weighted by Crippen LogP contribution is -2.58. The number of methoxy groups -OCH3 is 1. The first kappa shape index (κ1) is 24.4. The predicted octanol–water partition coefficient (Wildman–Crippen LogP) is 3.30. The Hall–Kier alpha value is -2.32. The molecule has 1 spiro atoms. The van der Waals surface area contributed by atoms with Crippen LogP contribution in [0, 0.1) is 0 Å². The molecular formula is C27H40N4O4. The molecule has 8 nitrogen and oxygen atoms in total. The molecule has 0 aromatic heterocycles. The van der Waals surface area contributed by atoms with Crippen LogP contribution in [0.15, 0.2) is 24.3 Å². The molecule has 35 heavy (non-hydrogen) atoms. The summed E-state index contributed by atoms with van der Waals surface area (Å²) >= 11 is 0. The first-order valence-corrected chi connectivity index (χ1v) is 13.1. The third-order valence-corrected chi connectivity index (χ3v) is 8.80. The summed E-state index contributed by atoms with van der Waals surface area (Å²) in [6.07, 6.45) is 6.18. The van der Waals surface area contributed by atoms with Crippen molar-refractivity contribution in [3.8, 4) is 0 Å². The number of ether oxygens (including phenoxy) is 2. The van der Waals surface area contributed by atoms with Gasteiger partial charge in [0.1, 0.15) is 6.61 Å². The van der Waals surface area contributed by atoms with Gasteiger partial charge in [-0.1, -0.05) is 24.3 Å². The number of benzene rings is 1. The molecular weight excluding hydrogens is 444 g/mol. The maximum atomic E-state index is 12.9. The van der Waals surface area contributed by atoms with Crippen LogP contribution >= 0.6 is 0 Å². The molecule has 3 amide bonds. The molecule has 2 atom stereocenters. The zero-order valence-electron chi connectivity index (χ0n) is 21.4. The number of urea groups is 1. The fourth-order valence-corrected chi connectivity index (χ4v) is 7.08. The SMILES string of the molecule is COCCOC(=O)N1C2CCC1CC(N1CCC3(CC1)CN(C(=O)N(C)C)Cc1ccccc13)C2. The number of likely N-dealkylation sites (tertiary alicyclic amines) is 1. The summed E-state index contributed by atoms with van der Waals surface area (Å²) in [4.78, 5) is 34.0. The highest BCUT2D eigenvalue weighted by Gasteiger charge is 2.48. The molecule has 3 saturated heterocycles. The van der Waals surface area contributed by atoms with Crippen LogP contribution < -0.4 is 0 Å². The topological polar surface area (TPSA) is 65.6 Å². The summed E-state index contributed by atoms with van der Waals surface area (Å²) in [5, 5.41) is 0. The van der Waals surface area contributed by atoms with E-state index in [1.165, 1.54) is 11.1 Å². The number of carbonyl (C=O) groups is 2. The van der Waals surface area contributed by atoms with Gasteiger partial charge in [0.15, 0.2) is 0 Å². The van der Waals surface area contributed by atoms with Crippen molar-refractivity contribution in [3.05, 3.63) is 35.4 Å². The van der Waals surface area contributed by atoms with E-state index in [-0.39, 0.29) is 29.6 Å². The highest BCUT2D eigenvalue weighted by Crippen LogP contribution is 2.44. The van der Waals surface area contributed by atoms with E-state index < -0.39 is 0 Å². The Balaban J connectivity index is 1.24. The van der Waals surface area contributed by atoms with Crippen molar-refractivity contribution >= 4 is 12.1 Å². The molecule has 1 aromatic rings. The van der Waals surface area contributed by atoms with E-state index in [1.54, 1.807) is 12.0 Å². The summed E-state index contributed by atoms with van der Waals surface area (Å²) in [5.41, 5.74) is 2.76. The van der Waals surface area contributed by atoms with Gasteiger partial charge >= 0.3 is 12.1 Å². The second-order valence-corrected chi connectivity index (χ2v) is 11.0. The third kappa shape index (κ3) is 4.62. The minimum atomic E-state index is -0.171. The lowest BCUT2D eigenvalue weighted by molar-refractivity contribution is 0.0146. The van der Waals surface area contributed by atoms with Crippen LogP contribution in [0.1, 0.15) is 49.7 Å². The Morgan fingerprint density at radius 1 is 1.03 bits per heavy atom. The number of rotatable bonds is 4. The van der Waals surface area contributed by atoms with Crippen molar-refractivity contribution in [1.82, 2.24) is 19.6 Å². The Morgan fingerprint density at radius 3 is 2.37 bits per heavy atom. The van der Waals surface area contributed by atoms with Crippen molar-refractivity contribution in [3.63, 3.8) is 0 Å². The average molecular weight is 485 g/mol. The number of hydrogen-bond acceptors (Lipinski definition) is 5. The fraction of sp³-hybridized carbons (Fsp3) is 0.704. The van der Waals surface area contributed by atoms with Gasteiger partial charge in [-0.3, -0.25) is 0 Å². The second kappa shape index (κ2) is 9.97. The van der Waals surface area contributed by atoms with Gasteiger partial charge < -0.3 is 29.1 Å². The minimum absolute atomic E-state index is 0.0296. The van der Waals surface area contributed by atoms with E-state index in [1.807, 2.05) is 23.9 Å². The summed E-state index contributed by atoms with van der Waals surface area (Å²) in [7, 11) is 5.30. The van der Waals surface area contributed by atoms with Gasteiger partial charge in [-0.2, -0.15) is 0 Å². The molecule has 4 heterocycles. The maximum absolute atomic E-state index is 12.9. The number of nitrogens with zero attached hydrogens (tertiary/aromatic N) is 4. The standard InChI is InChI=1S/C27H40N4O4/c1-28(2)25(32)30-18-20-6-4-5-7-24(20)27(19-30)10-12-29(13-11-27)23-16-21-8-9-22(17-23)31(21)26(33)35-15-14-34-3/h4-7,21-23H,8-19H2,1-3H3. The third-order valence-electron chi connectivity index (χ3n) is 8.80. The maximum Gasteiger partial charge on any atom is 0.410 e. The highest BCUT2D eigenvalue weighted by molar-refractivity contribution is 5.74. The van der Waals surface area contributed by atoms with Crippen LogP contribution in [0.5, 0.6) is 0 Å². The minimum Gasteiger partial charge on any atom is -0.447 e. The van der Waals surface area contributed by atoms with E-state index >= 15 is 0 Å². The summed E-state index contributed by atoms with van der Waals surface area (Å²) < 4.78 is 10.5. The van der Waals surface area contributed by atoms with Gasteiger partial charge in [0.25, 0.3) is 0 Å². The van der Waals surface area contributed by atoms with Crippen LogP contribution in [0.2, 0.25) is 0 Å².